The fraction of sp³-hybridized carbons (Fsp3) is 0.814. The standard InChI is InChI=1S/C43H77O9P/c1-3-5-7-9-11-13-14-15-16-17-18-19-20-22-24-26-31-35-42(44)49-37-39(38-50-53(46,47)48)51-43(45)36-32-28-27-30-34-41-40(52-41)33-29-25-23-21-12-10-8-6-4-2/h12,21,25,27,29-30,39-41H,3-11,13-20,22-24,26,28,31-38H2,1-2H3,(H2,46,47,48)/b21-12-,29-25-,30-27-/t39-,40?,41?/m1/s1. The number of carbonyl (C=O) groups excluding carboxylic acids is 2. The van der Waals surface area contributed by atoms with Gasteiger partial charge in [-0.25, -0.2) is 4.57 Å². The Kier molecular flexibility index (Phi) is 32.2. The van der Waals surface area contributed by atoms with E-state index in [1.807, 2.05) is 6.08 Å². The predicted octanol–water partition coefficient (Wildman–Crippen LogP) is 11.9. The van der Waals surface area contributed by atoms with Crippen LogP contribution in [0.1, 0.15) is 194 Å². The number of ether oxygens (including phenoxy) is 3. The summed E-state index contributed by atoms with van der Waals surface area (Å²) in [6.07, 6.45) is 43.2. The summed E-state index contributed by atoms with van der Waals surface area (Å²) in [6, 6.07) is 0. The monoisotopic (exact) mass is 769 g/mol. The minimum atomic E-state index is -4.77. The molecule has 0 spiro atoms. The van der Waals surface area contributed by atoms with E-state index in [-0.39, 0.29) is 31.7 Å². The minimum absolute atomic E-state index is 0.129. The van der Waals surface area contributed by atoms with Gasteiger partial charge in [-0.3, -0.25) is 14.1 Å². The third kappa shape index (κ3) is 34.5. The second-order valence-corrected chi connectivity index (χ2v) is 15.9. The Labute approximate surface area is 323 Å². The number of phosphoric acid groups is 1. The van der Waals surface area contributed by atoms with E-state index in [2.05, 4.69) is 48.8 Å². The van der Waals surface area contributed by atoms with Crippen LogP contribution in [0, 0.1) is 0 Å². The number of hydrogen-bond acceptors (Lipinski definition) is 7. The molecule has 2 unspecified atom stereocenters. The molecule has 10 heteroatoms. The largest absolute Gasteiger partial charge is 0.469 e. The van der Waals surface area contributed by atoms with Gasteiger partial charge in [0.25, 0.3) is 0 Å². The number of carbonyl (C=O) groups is 2. The van der Waals surface area contributed by atoms with Gasteiger partial charge < -0.3 is 24.0 Å². The first kappa shape index (κ1) is 49.2. The van der Waals surface area contributed by atoms with Gasteiger partial charge in [-0.05, 0) is 51.4 Å². The summed E-state index contributed by atoms with van der Waals surface area (Å²) in [5.41, 5.74) is 0. The molecule has 308 valence electrons. The third-order valence-electron chi connectivity index (χ3n) is 9.56. The van der Waals surface area contributed by atoms with Gasteiger partial charge >= 0.3 is 19.8 Å². The normalized spacial score (nSPS) is 16.6. The Morgan fingerprint density at radius 1 is 0.585 bits per heavy atom. The highest BCUT2D eigenvalue weighted by atomic mass is 31.2. The fourth-order valence-corrected chi connectivity index (χ4v) is 6.59. The summed E-state index contributed by atoms with van der Waals surface area (Å²) < 4.78 is 32.1. The van der Waals surface area contributed by atoms with E-state index in [0.29, 0.717) is 12.8 Å². The van der Waals surface area contributed by atoms with Crippen molar-refractivity contribution in [2.24, 2.45) is 0 Å². The van der Waals surface area contributed by atoms with Crippen LogP contribution in [0.2, 0.25) is 0 Å². The molecule has 2 N–H and O–H groups in total. The van der Waals surface area contributed by atoms with E-state index in [1.54, 1.807) is 0 Å². The maximum absolute atomic E-state index is 12.4. The summed E-state index contributed by atoms with van der Waals surface area (Å²) in [5, 5.41) is 0. The van der Waals surface area contributed by atoms with Gasteiger partial charge in [-0.1, -0.05) is 166 Å². The molecule has 0 aromatic carbocycles. The maximum Gasteiger partial charge on any atom is 0.469 e. The zero-order valence-corrected chi connectivity index (χ0v) is 34.5. The summed E-state index contributed by atoms with van der Waals surface area (Å²) in [6.45, 7) is 3.61. The summed E-state index contributed by atoms with van der Waals surface area (Å²) >= 11 is 0. The van der Waals surface area contributed by atoms with Gasteiger partial charge in [-0.2, -0.15) is 0 Å². The van der Waals surface area contributed by atoms with E-state index in [0.717, 1.165) is 44.9 Å². The summed E-state index contributed by atoms with van der Waals surface area (Å²) in [7, 11) is -4.77. The van der Waals surface area contributed by atoms with Crippen LogP contribution in [0.4, 0.5) is 0 Å². The number of phosphoric ester groups is 1. The molecule has 1 aliphatic heterocycles. The van der Waals surface area contributed by atoms with E-state index in [1.165, 1.54) is 109 Å². The number of unbranched alkanes of at least 4 members (excludes halogenated alkanes) is 20. The maximum atomic E-state index is 12.4. The van der Waals surface area contributed by atoms with Gasteiger partial charge in [0, 0.05) is 12.8 Å². The number of allylic oxidation sites excluding steroid dienone is 4. The van der Waals surface area contributed by atoms with Crippen molar-refractivity contribution in [3.8, 4) is 0 Å². The second kappa shape index (κ2) is 34.7. The van der Waals surface area contributed by atoms with Crippen LogP contribution in [0.15, 0.2) is 36.5 Å². The van der Waals surface area contributed by atoms with Gasteiger partial charge in [0.05, 0.1) is 18.8 Å². The molecule has 1 fully saturated rings. The van der Waals surface area contributed by atoms with Crippen molar-refractivity contribution in [1.82, 2.24) is 0 Å². The quantitative estimate of drug-likeness (QED) is 0.0207. The predicted molar refractivity (Wildman–Crippen MR) is 216 cm³/mol. The molecule has 0 amide bonds. The molecule has 1 heterocycles. The van der Waals surface area contributed by atoms with Crippen molar-refractivity contribution in [2.45, 2.75) is 212 Å². The van der Waals surface area contributed by atoms with Gasteiger partial charge in [-0.15, -0.1) is 0 Å². The van der Waals surface area contributed by atoms with Crippen LogP contribution in [-0.2, 0) is 32.9 Å². The molecule has 9 nitrogen and oxygen atoms in total. The van der Waals surface area contributed by atoms with E-state index in [9.17, 15) is 14.2 Å². The van der Waals surface area contributed by atoms with Crippen molar-refractivity contribution in [3.63, 3.8) is 0 Å². The Bertz CT molecular complexity index is 1020. The van der Waals surface area contributed by atoms with Gasteiger partial charge in [0.1, 0.15) is 6.61 Å². The second-order valence-electron chi connectivity index (χ2n) is 14.7. The lowest BCUT2D eigenvalue weighted by molar-refractivity contribution is -0.161. The highest BCUT2D eigenvalue weighted by molar-refractivity contribution is 7.46. The van der Waals surface area contributed by atoms with Gasteiger partial charge in [0.2, 0.25) is 0 Å². The van der Waals surface area contributed by atoms with Crippen LogP contribution in [-0.4, -0.2) is 53.3 Å². The summed E-state index contributed by atoms with van der Waals surface area (Å²) in [4.78, 5) is 42.9. The lowest BCUT2D eigenvalue weighted by atomic mass is 10.0. The molecule has 0 radical (unpaired) electrons. The molecule has 1 aliphatic rings. The van der Waals surface area contributed by atoms with Crippen molar-refractivity contribution >= 4 is 19.8 Å². The molecule has 3 atom stereocenters. The third-order valence-corrected chi connectivity index (χ3v) is 10.0. The van der Waals surface area contributed by atoms with Crippen LogP contribution < -0.4 is 0 Å². The number of esters is 2. The fourth-order valence-electron chi connectivity index (χ4n) is 6.23. The average Bonchev–Trinajstić information content (AvgIpc) is 3.88. The smallest absolute Gasteiger partial charge is 0.462 e. The first-order chi connectivity index (χ1) is 25.7. The Hall–Kier alpha value is -1.77. The highest BCUT2D eigenvalue weighted by Crippen LogP contribution is 2.36. The van der Waals surface area contributed by atoms with Crippen LogP contribution in [0.5, 0.6) is 0 Å². The zero-order valence-electron chi connectivity index (χ0n) is 33.6. The van der Waals surface area contributed by atoms with Crippen molar-refractivity contribution < 1.29 is 42.7 Å². The number of rotatable bonds is 38. The molecule has 1 saturated heterocycles. The number of epoxide rings is 1. The molecule has 0 aliphatic carbocycles. The van der Waals surface area contributed by atoms with E-state index < -0.39 is 32.5 Å². The topological polar surface area (TPSA) is 132 Å². The highest BCUT2D eigenvalue weighted by Gasteiger charge is 2.36. The summed E-state index contributed by atoms with van der Waals surface area (Å²) in [5.74, 6) is -0.952. The van der Waals surface area contributed by atoms with Crippen molar-refractivity contribution in [1.29, 1.82) is 0 Å². The van der Waals surface area contributed by atoms with Crippen LogP contribution >= 0.6 is 7.82 Å². The molecule has 53 heavy (non-hydrogen) atoms. The SMILES string of the molecule is CCCCC/C=C\C/C=C\CC1OC1C/C=C\CCCC(=O)O[C@H](COC(=O)CCCCCCCCCCCCCCCCCCC)COP(=O)(O)O. The van der Waals surface area contributed by atoms with Crippen molar-refractivity contribution in [2.75, 3.05) is 13.2 Å². The lowest BCUT2D eigenvalue weighted by Crippen LogP contribution is -2.29. The Balaban J connectivity index is 2.09. The van der Waals surface area contributed by atoms with E-state index >= 15 is 0 Å². The molecular weight excluding hydrogens is 691 g/mol. The molecule has 0 saturated carbocycles. The minimum Gasteiger partial charge on any atom is -0.462 e. The lowest BCUT2D eigenvalue weighted by Gasteiger charge is -2.18. The van der Waals surface area contributed by atoms with Crippen LogP contribution in [0.3, 0.4) is 0 Å². The van der Waals surface area contributed by atoms with Crippen LogP contribution in [0.25, 0.3) is 0 Å². The average molecular weight is 769 g/mol. The van der Waals surface area contributed by atoms with E-state index in [4.69, 9.17) is 24.0 Å². The number of hydrogen-bond donors (Lipinski definition) is 2. The molecule has 0 bridgehead atoms. The Morgan fingerprint density at radius 2 is 1.04 bits per heavy atom. The van der Waals surface area contributed by atoms with Gasteiger partial charge in [0.15, 0.2) is 6.10 Å². The first-order valence-corrected chi connectivity index (χ1v) is 22.9. The first-order valence-electron chi connectivity index (χ1n) is 21.4. The molecule has 1 rings (SSSR count). The molecule has 0 aromatic heterocycles. The molecule has 0 aromatic rings. The van der Waals surface area contributed by atoms with Crippen molar-refractivity contribution in [3.05, 3.63) is 36.5 Å². The zero-order chi connectivity index (χ0) is 38.7. The molecular formula is C43H77O9P. The Morgan fingerprint density at radius 3 is 1.60 bits per heavy atom.